The van der Waals surface area contributed by atoms with Gasteiger partial charge in [0.2, 0.25) is 0 Å². The number of carbonyl (C=O) groups is 3. The van der Waals surface area contributed by atoms with Crippen LogP contribution in [0.25, 0.3) is 0 Å². The Balaban J connectivity index is 1.55. The van der Waals surface area contributed by atoms with E-state index in [4.69, 9.17) is 30.4 Å². The second-order valence-corrected chi connectivity index (χ2v) is 16.8. The molecule has 11 nitrogen and oxygen atoms in total. The SMILES string of the molecule is CCC1OC(=O)C(C)C(OC2CC(C)CC(C)O2)C(C)CCC(C)CC(C)C(=O)C(C)C2N(CCCCN=CC(N)c3cccc(N)c3)C(=O)OC12C. The fourth-order valence-corrected chi connectivity index (χ4v) is 9.02. The molecule has 3 aliphatic heterocycles. The molecule has 3 fully saturated rings. The molecular formula is C42H68N4O7. The van der Waals surface area contributed by atoms with Gasteiger partial charge in [-0.25, -0.2) is 4.79 Å². The predicted octanol–water partition coefficient (Wildman–Crippen LogP) is 7.50. The number of benzene rings is 1. The lowest BCUT2D eigenvalue weighted by molar-refractivity contribution is -0.238. The van der Waals surface area contributed by atoms with Crippen molar-refractivity contribution in [3.8, 4) is 0 Å². The average Bonchev–Trinajstić information content (AvgIpc) is 3.36. The number of carbonyl (C=O) groups excluding carboxylic acids is 3. The molecule has 11 heteroatoms. The van der Waals surface area contributed by atoms with Crippen LogP contribution in [-0.4, -0.2) is 78.3 Å². The molecule has 53 heavy (non-hydrogen) atoms. The number of fused-ring (bicyclic) bond motifs is 1. The van der Waals surface area contributed by atoms with Crippen LogP contribution in [0, 0.1) is 35.5 Å². The minimum Gasteiger partial charge on any atom is -0.458 e. The van der Waals surface area contributed by atoms with Crippen LogP contribution in [0.4, 0.5) is 10.5 Å². The summed E-state index contributed by atoms with van der Waals surface area (Å²) < 4.78 is 25.5. The van der Waals surface area contributed by atoms with Crippen LogP contribution in [0.15, 0.2) is 29.3 Å². The van der Waals surface area contributed by atoms with E-state index >= 15 is 0 Å². The number of unbranched alkanes of at least 4 members (excludes halogenated alkanes) is 1. The summed E-state index contributed by atoms with van der Waals surface area (Å²) in [6.45, 7) is 19.0. The summed E-state index contributed by atoms with van der Waals surface area (Å²) >= 11 is 0. The maximum atomic E-state index is 14.2. The molecule has 0 bridgehead atoms. The largest absolute Gasteiger partial charge is 0.458 e. The van der Waals surface area contributed by atoms with Crippen molar-refractivity contribution in [3.05, 3.63) is 29.8 Å². The Hall–Kier alpha value is -3.02. The first-order chi connectivity index (χ1) is 25.0. The lowest BCUT2D eigenvalue weighted by Gasteiger charge is -2.41. The highest BCUT2D eigenvalue weighted by molar-refractivity contribution is 5.85. The molecule has 0 aromatic heterocycles. The van der Waals surface area contributed by atoms with Gasteiger partial charge in [-0.1, -0.05) is 60.1 Å². The molecule has 1 aromatic carbocycles. The molecule has 4 N–H and O–H groups in total. The van der Waals surface area contributed by atoms with Gasteiger partial charge in [-0.2, -0.15) is 0 Å². The van der Waals surface area contributed by atoms with Crippen molar-refractivity contribution in [2.24, 2.45) is 46.2 Å². The van der Waals surface area contributed by atoms with Crippen LogP contribution >= 0.6 is 0 Å². The smallest absolute Gasteiger partial charge is 0.410 e. The maximum Gasteiger partial charge on any atom is 0.410 e. The highest BCUT2D eigenvalue weighted by Gasteiger charge is 2.59. The van der Waals surface area contributed by atoms with Crippen molar-refractivity contribution in [3.63, 3.8) is 0 Å². The number of ketones is 1. The molecule has 4 rings (SSSR count). The molecule has 1 amide bonds. The third-order valence-electron chi connectivity index (χ3n) is 12.0. The van der Waals surface area contributed by atoms with E-state index in [1.165, 1.54) is 0 Å². The fraction of sp³-hybridized carbons (Fsp3) is 0.762. The third-order valence-corrected chi connectivity index (χ3v) is 12.0. The molecule has 0 spiro atoms. The zero-order valence-electron chi connectivity index (χ0n) is 33.8. The topological polar surface area (TPSA) is 156 Å². The number of ether oxygens (including phenoxy) is 4. The van der Waals surface area contributed by atoms with Gasteiger partial charge in [-0.15, -0.1) is 0 Å². The molecule has 0 radical (unpaired) electrons. The van der Waals surface area contributed by atoms with E-state index in [9.17, 15) is 14.4 Å². The van der Waals surface area contributed by atoms with E-state index in [1.54, 1.807) is 11.1 Å². The van der Waals surface area contributed by atoms with Crippen LogP contribution in [0.2, 0.25) is 0 Å². The molecule has 13 unspecified atom stereocenters. The number of rotatable bonds is 10. The molecule has 298 valence electrons. The average molecular weight is 741 g/mol. The lowest BCUT2D eigenvalue weighted by atomic mass is 9.76. The molecule has 1 aromatic rings. The quantitative estimate of drug-likeness (QED) is 0.107. The number of nitrogens with zero attached hydrogens (tertiary/aromatic N) is 2. The minimum absolute atomic E-state index is 0.0478. The van der Waals surface area contributed by atoms with Crippen LogP contribution in [0.1, 0.15) is 125 Å². The van der Waals surface area contributed by atoms with Crippen molar-refractivity contribution in [2.75, 3.05) is 18.8 Å². The second kappa shape index (κ2) is 19.0. The van der Waals surface area contributed by atoms with Crippen molar-refractivity contribution in [1.82, 2.24) is 4.90 Å². The number of cyclic esters (lactones) is 1. The Labute approximate surface area is 318 Å². The Morgan fingerprint density at radius 3 is 2.42 bits per heavy atom. The Morgan fingerprint density at radius 2 is 1.74 bits per heavy atom. The number of hydrogen-bond donors (Lipinski definition) is 2. The Morgan fingerprint density at radius 1 is 1.00 bits per heavy atom. The van der Waals surface area contributed by atoms with Crippen molar-refractivity contribution >= 4 is 29.7 Å². The summed E-state index contributed by atoms with van der Waals surface area (Å²) in [5.41, 5.74) is 12.5. The first-order valence-electron chi connectivity index (χ1n) is 20.2. The zero-order valence-corrected chi connectivity index (χ0v) is 33.8. The monoisotopic (exact) mass is 741 g/mol. The summed E-state index contributed by atoms with van der Waals surface area (Å²) in [5, 5.41) is 0. The second-order valence-electron chi connectivity index (χ2n) is 16.8. The van der Waals surface area contributed by atoms with Crippen molar-refractivity contribution in [2.45, 2.75) is 156 Å². The summed E-state index contributed by atoms with van der Waals surface area (Å²) in [7, 11) is 0. The Bertz CT molecular complexity index is 1400. The van der Waals surface area contributed by atoms with Gasteiger partial charge in [0.15, 0.2) is 11.9 Å². The minimum atomic E-state index is -1.25. The van der Waals surface area contributed by atoms with Gasteiger partial charge >= 0.3 is 12.1 Å². The van der Waals surface area contributed by atoms with Gasteiger partial charge in [-0.05, 0) is 94.7 Å². The van der Waals surface area contributed by atoms with Gasteiger partial charge in [0.25, 0.3) is 0 Å². The summed E-state index contributed by atoms with van der Waals surface area (Å²) in [6.07, 6.45) is 5.69. The molecule has 13 atom stereocenters. The first kappa shape index (κ1) is 42.7. The predicted molar refractivity (Wildman–Crippen MR) is 208 cm³/mol. The van der Waals surface area contributed by atoms with E-state index < -0.39 is 54.0 Å². The fourth-order valence-electron chi connectivity index (χ4n) is 9.02. The molecular weight excluding hydrogens is 672 g/mol. The normalized spacial score (nSPS) is 37.1. The van der Waals surface area contributed by atoms with E-state index in [-0.39, 0.29) is 35.7 Å². The third kappa shape index (κ3) is 10.8. The van der Waals surface area contributed by atoms with Crippen molar-refractivity contribution < 1.29 is 33.3 Å². The highest BCUT2D eigenvalue weighted by Crippen LogP contribution is 2.42. The van der Waals surface area contributed by atoms with Crippen LogP contribution in [0.3, 0.4) is 0 Å². The van der Waals surface area contributed by atoms with Gasteiger partial charge in [0.05, 0.1) is 30.2 Å². The molecule has 3 aliphatic rings. The highest BCUT2D eigenvalue weighted by atomic mass is 16.7. The zero-order chi connectivity index (χ0) is 39.0. The lowest BCUT2D eigenvalue weighted by Crippen LogP contribution is -2.57. The van der Waals surface area contributed by atoms with Crippen LogP contribution in [0.5, 0.6) is 0 Å². The van der Waals surface area contributed by atoms with Gasteiger partial charge < -0.3 is 35.3 Å². The summed E-state index contributed by atoms with van der Waals surface area (Å²) in [4.78, 5) is 48.3. The number of aliphatic imine (C=N–C) groups is 1. The molecule has 0 aliphatic carbocycles. The van der Waals surface area contributed by atoms with E-state index in [1.807, 2.05) is 58.9 Å². The van der Waals surface area contributed by atoms with E-state index in [0.717, 1.165) is 37.7 Å². The molecule has 3 heterocycles. The number of Topliss-reactive ketones (excluding diaryl/α,β-unsaturated/α-hetero) is 1. The number of esters is 1. The number of amides is 1. The van der Waals surface area contributed by atoms with E-state index in [0.29, 0.717) is 44.0 Å². The van der Waals surface area contributed by atoms with E-state index in [2.05, 4.69) is 32.7 Å². The first-order valence-corrected chi connectivity index (χ1v) is 20.2. The van der Waals surface area contributed by atoms with Crippen LogP contribution < -0.4 is 11.5 Å². The summed E-state index contributed by atoms with van der Waals surface area (Å²) in [5.74, 6) is -0.866. The maximum absolute atomic E-state index is 14.2. The van der Waals surface area contributed by atoms with Gasteiger partial charge in [0.1, 0.15) is 11.9 Å². The number of hydrogen-bond acceptors (Lipinski definition) is 10. The number of anilines is 1. The van der Waals surface area contributed by atoms with Crippen molar-refractivity contribution in [1.29, 1.82) is 0 Å². The van der Waals surface area contributed by atoms with Crippen LogP contribution in [-0.2, 0) is 28.5 Å². The number of nitrogen functional groups attached to an aromatic ring is 1. The standard InChI is InChI=1S/C42H68N4O7/c1-10-35-42(9)39(46(41(49)53-42)19-12-11-18-45-24-34(44)32-14-13-15-33(43)23-32)30(7)37(47)28(5)20-25(2)16-17-27(4)38(31(8)40(48)51-35)52-36-22-26(3)21-29(6)50-36/h13-15,23-31,34-36,38-39H,10-12,16-22,43-44H2,1-9H3. The van der Waals surface area contributed by atoms with Gasteiger partial charge in [0, 0.05) is 43.2 Å². The Kier molecular flexibility index (Phi) is 15.3. The molecule has 0 saturated carbocycles. The number of nitrogens with two attached hydrogens (primary N) is 2. The molecule has 3 saturated heterocycles. The van der Waals surface area contributed by atoms with Gasteiger partial charge in [-0.3, -0.25) is 14.6 Å². The summed E-state index contributed by atoms with van der Waals surface area (Å²) in [6, 6.07) is 6.45.